The molecule has 188 valence electrons. The highest BCUT2D eigenvalue weighted by Crippen LogP contribution is 2.41. The normalized spacial score (nSPS) is 14.4. The van der Waals surface area contributed by atoms with Crippen LogP contribution in [0.5, 0.6) is 0 Å². The van der Waals surface area contributed by atoms with E-state index in [4.69, 9.17) is 9.47 Å². The Labute approximate surface area is 204 Å². The number of ether oxygens (including phenoxy) is 2. The number of halogens is 2. The number of carbonyl (C=O) groups excluding carboxylic acids is 4. The summed E-state index contributed by atoms with van der Waals surface area (Å²) in [6.45, 7) is 7.77. The van der Waals surface area contributed by atoms with Crippen molar-refractivity contribution >= 4 is 46.1 Å². The van der Waals surface area contributed by atoms with Crippen LogP contribution in [0.3, 0.4) is 0 Å². The molecule has 0 atom stereocenters. The zero-order chi connectivity index (χ0) is 25.9. The standard InChI is InChI=1S/C22H20F2N4O6S.2H2/c1-21(2,3)33-19(31)27-26-17(30)12-8-35-18(25-12)16(29)10-7-28-15-9(10)6-11(23)14(24)13(15)22(4,5)34-20(28)32;;/h6-8H,1-5H3,(H,26,30)(H,27,31);2*1H. The second-order valence-corrected chi connectivity index (χ2v) is 10.0. The van der Waals surface area contributed by atoms with Gasteiger partial charge >= 0.3 is 12.2 Å². The highest BCUT2D eigenvalue weighted by atomic mass is 32.1. The van der Waals surface area contributed by atoms with Gasteiger partial charge in [0, 0.05) is 19.8 Å². The summed E-state index contributed by atoms with van der Waals surface area (Å²) >= 11 is 0.820. The summed E-state index contributed by atoms with van der Waals surface area (Å²) in [4.78, 5) is 53.6. The first-order chi connectivity index (χ1) is 16.2. The van der Waals surface area contributed by atoms with Gasteiger partial charge in [-0.05, 0) is 40.7 Å². The van der Waals surface area contributed by atoms with Crippen LogP contribution in [0.25, 0.3) is 10.9 Å². The van der Waals surface area contributed by atoms with E-state index in [1.54, 1.807) is 20.8 Å². The van der Waals surface area contributed by atoms with Crippen molar-refractivity contribution in [3.8, 4) is 0 Å². The lowest BCUT2D eigenvalue weighted by Crippen LogP contribution is -2.44. The summed E-state index contributed by atoms with van der Waals surface area (Å²) in [6.07, 6.45) is -0.626. The molecule has 0 radical (unpaired) electrons. The number of amides is 2. The Balaban J connectivity index is 0.00000241. The minimum Gasteiger partial charge on any atom is -0.443 e. The predicted octanol–water partition coefficient (Wildman–Crippen LogP) is 4.50. The highest BCUT2D eigenvalue weighted by Gasteiger charge is 2.40. The zero-order valence-corrected chi connectivity index (χ0v) is 20.1. The lowest BCUT2D eigenvalue weighted by atomic mass is 9.93. The number of hydrogen-bond acceptors (Lipinski definition) is 8. The maximum absolute atomic E-state index is 14.7. The van der Waals surface area contributed by atoms with Crippen LogP contribution in [0.15, 0.2) is 17.6 Å². The molecule has 0 saturated heterocycles. The van der Waals surface area contributed by atoms with E-state index in [1.807, 2.05) is 0 Å². The molecular weight excluding hydrogens is 486 g/mol. The first kappa shape index (κ1) is 24.3. The molecule has 1 aliphatic heterocycles. The van der Waals surface area contributed by atoms with Gasteiger partial charge in [-0.3, -0.25) is 19.6 Å². The molecule has 2 aromatic heterocycles. The largest absolute Gasteiger partial charge is 0.443 e. The van der Waals surface area contributed by atoms with E-state index in [0.717, 1.165) is 28.2 Å². The van der Waals surface area contributed by atoms with Crippen LogP contribution in [0.1, 0.15) is 68.9 Å². The van der Waals surface area contributed by atoms with Crippen molar-refractivity contribution in [3.63, 3.8) is 0 Å². The number of cyclic esters (lactones) is 1. The Kier molecular flexibility index (Phi) is 5.63. The van der Waals surface area contributed by atoms with Crippen molar-refractivity contribution in [3.05, 3.63) is 51.1 Å². The number of hydrazine groups is 1. The van der Waals surface area contributed by atoms with Crippen molar-refractivity contribution in [1.29, 1.82) is 0 Å². The van der Waals surface area contributed by atoms with Gasteiger partial charge in [-0.15, -0.1) is 11.3 Å². The molecule has 0 spiro atoms. The van der Waals surface area contributed by atoms with Crippen LogP contribution in [0.2, 0.25) is 0 Å². The van der Waals surface area contributed by atoms with E-state index in [9.17, 15) is 28.0 Å². The zero-order valence-electron chi connectivity index (χ0n) is 19.2. The second kappa shape index (κ2) is 8.12. The molecule has 10 nitrogen and oxygen atoms in total. The summed E-state index contributed by atoms with van der Waals surface area (Å²) in [6, 6.07) is 0.832. The number of aromatic nitrogens is 2. The maximum atomic E-state index is 14.7. The van der Waals surface area contributed by atoms with Gasteiger partial charge in [-0.25, -0.2) is 28.8 Å². The van der Waals surface area contributed by atoms with E-state index in [1.165, 1.54) is 19.2 Å². The Hall–Kier alpha value is -3.87. The molecule has 1 aliphatic rings. The number of carbonyl (C=O) groups is 4. The van der Waals surface area contributed by atoms with Crippen molar-refractivity contribution < 1.29 is 40.3 Å². The number of ketones is 1. The van der Waals surface area contributed by atoms with E-state index in [0.29, 0.717) is 0 Å². The smallest absolute Gasteiger partial charge is 0.426 e. The molecule has 35 heavy (non-hydrogen) atoms. The molecule has 2 N–H and O–H groups in total. The molecule has 4 rings (SSSR count). The van der Waals surface area contributed by atoms with Gasteiger partial charge in [0.25, 0.3) is 5.91 Å². The summed E-state index contributed by atoms with van der Waals surface area (Å²) in [5.41, 5.74) is 1.45. The number of nitrogens with one attached hydrogen (secondary N) is 2. The van der Waals surface area contributed by atoms with Crippen molar-refractivity contribution in [1.82, 2.24) is 20.4 Å². The number of benzene rings is 1. The quantitative estimate of drug-likeness (QED) is 0.392. The van der Waals surface area contributed by atoms with Crippen LogP contribution < -0.4 is 10.9 Å². The molecule has 0 bridgehead atoms. The van der Waals surface area contributed by atoms with E-state index >= 15 is 0 Å². The van der Waals surface area contributed by atoms with Crippen LogP contribution in [0.4, 0.5) is 18.4 Å². The Morgan fingerprint density at radius 1 is 1.23 bits per heavy atom. The van der Waals surface area contributed by atoms with E-state index < -0.39 is 46.7 Å². The summed E-state index contributed by atoms with van der Waals surface area (Å²) in [5, 5.41) is 1.13. The first-order valence-corrected chi connectivity index (χ1v) is 11.1. The molecule has 0 unspecified atom stereocenters. The molecule has 1 aromatic carbocycles. The molecule has 0 aliphatic carbocycles. The molecule has 3 aromatic rings. The molecule has 3 heterocycles. The lowest BCUT2D eigenvalue weighted by Gasteiger charge is -2.31. The summed E-state index contributed by atoms with van der Waals surface area (Å²) in [7, 11) is 0. The minimum absolute atomic E-state index is 0. The van der Waals surface area contributed by atoms with Gasteiger partial charge in [-0.2, -0.15) is 0 Å². The van der Waals surface area contributed by atoms with Crippen LogP contribution in [-0.2, 0) is 15.1 Å². The van der Waals surface area contributed by atoms with Crippen LogP contribution in [0, 0.1) is 11.6 Å². The fourth-order valence-electron chi connectivity index (χ4n) is 3.60. The van der Waals surface area contributed by atoms with E-state index in [-0.39, 0.29) is 35.6 Å². The van der Waals surface area contributed by atoms with Gasteiger partial charge in [0.15, 0.2) is 16.6 Å². The average molecular weight is 511 g/mol. The highest BCUT2D eigenvalue weighted by molar-refractivity contribution is 7.12. The number of hydrogen-bond donors (Lipinski definition) is 2. The van der Waals surface area contributed by atoms with Crippen molar-refractivity contribution in [2.24, 2.45) is 0 Å². The van der Waals surface area contributed by atoms with E-state index in [2.05, 4.69) is 15.8 Å². The van der Waals surface area contributed by atoms with Crippen LogP contribution >= 0.6 is 11.3 Å². The first-order valence-electron chi connectivity index (χ1n) is 10.3. The van der Waals surface area contributed by atoms with Gasteiger partial charge < -0.3 is 9.47 Å². The summed E-state index contributed by atoms with van der Waals surface area (Å²) in [5.74, 6) is -3.92. The third-order valence-electron chi connectivity index (χ3n) is 4.98. The topological polar surface area (TPSA) is 129 Å². The molecular formula is C22H24F2N4O6S. The number of thiazole rings is 1. The van der Waals surface area contributed by atoms with Gasteiger partial charge in [-0.1, -0.05) is 0 Å². The summed E-state index contributed by atoms with van der Waals surface area (Å²) < 4.78 is 40.3. The Morgan fingerprint density at radius 2 is 1.91 bits per heavy atom. The van der Waals surface area contributed by atoms with Gasteiger partial charge in [0.1, 0.15) is 16.9 Å². The van der Waals surface area contributed by atoms with Crippen molar-refractivity contribution in [2.75, 3.05) is 0 Å². The van der Waals surface area contributed by atoms with Crippen LogP contribution in [-0.4, -0.2) is 39.0 Å². The third kappa shape index (κ3) is 4.34. The molecule has 13 heteroatoms. The molecule has 0 fully saturated rings. The molecule has 0 saturated carbocycles. The Bertz CT molecular complexity index is 1430. The third-order valence-corrected chi connectivity index (χ3v) is 5.82. The fourth-order valence-corrected chi connectivity index (χ4v) is 4.35. The maximum Gasteiger partial charge on any atom is 0.426 e. The fraction of sp³-hybridized carbons (Fsp3) is 0.318. The van der Waals surface area contributed by atoms with Gasteiger partial charge in [0.05, 0.1) is 16.6 Å². The van der Waals surface area contributed by atoms with Crippen molar-refractivity contribution in [2.45, 2.75) is 45.8 Å². The number of rotatable bonds is 3. The SMILES string of the molecule is CC(C)(C)OC(=O)NNC(=O)c1csc(C(=O)c2cn3c4c(c(F)c(F)cc24)C(C)(C)OC3=O)n1.[HH].[HH]. The van der Waals surface area contributed by atoms with Gasteiger partial charge in [0.2, 0.25) is 5.78 Å². The number of nitrogens with zero attached hydrogens (tertiary/aromatic N) is 2. The average Bonchev–Trinajstić information content (AvgIpc) is 3.35. The minimum atomic E-state index is -1.47. The monoisotopic (exact) mass is 510 g/mol. The predicted molar refractivity (Wildman–Crippen MR) is 123 cm³/mol. The second-order valence-electron chi connectivity index (χ2n) is 9.18. The lowest BCUT2D eigenvalue weighted by molar-refractivity contribution is 0.0299. The molecule has 2 amide bonds. The Morgan fingerprint density at radius 3 is 2.57 bits per heavy atom.